The highest BCUT2D eigenvalue weighted by Crippen LogP contribution is 2.38. The van der Waals surface area contributed by atoms with Crippen LogP contribution < -0.4 is 14.8 Å². The Morgan fingerprint density at radius 3 is 2.50 bits per heavy atom. The van der Waals surface area contributed by atoms with Crippen molar-refractivity contribution < 1.29 is 14.3 Å². The second kappa shape index (κ2) is 9.30. The molecule has 2 aromatic carbocycles. The van der Waals surface area contributed by atoms with E-state index in [4.69, 9.17) is 21.1 Å². The molecule has 1 heterocycles. The second-order valence-electron chi connectivity index (χ2n) is 7.14. The summed E-state index contributed by atoms with van der Waals surface area (Å²) in [5.41, 5.74) is 1.89. The van der Waals surface area contributed by atoms with Gasteiger partial charge in [0.15, 0.2) is 11.5 Å². The summed E-state index contributed by atoms with van der Waals surface area (Å²) in [5, 5.41) is 3.62. The Morgan fingerprint density at radius 1 is 1.11 bits per heavy atom. The fourth-order valence-corrected chi connectivity index (χ4v) is 3.96. The van der Waals surface area contributed by atoms with Crippen molar-refractivity contribution in [3.05, 3.63) is 53.1 Å². The molecule has 0 spiro atoms. The summed E-state index contributed by atoms with van der Waals surface area (Å²) in [5.74, 6) is 1.40. The lowest BCUT2D eigenvalue weighted by Gasteiger charge is -2.40. The Bertz CT molecular complexity index is 810. The zero-order valence-electron chi connectivity index (χ0n) is 16.6. The molecule has 0 saturated carbocycles. The molecule has 3 rings (SSSR count). The van der Waals surface area contributed by atoms with Crippen molar-refractivity contribution >= 4 is 23.2 Å². The van der Waals surface area contributed by atoms with Crippen LogP contribution in [0.1, 0.15) is 37.8 Å². The van der Waals surface area contributed by atoms with Gasteiger partial charge in [-0.2, -0.15) is 0 Å². The van der Waals surface area contributed by atoms with Gasteiger partial charge < -0.3 is 14.8 Å². The maximum absolute atomic E-state index is 12.7. The van der Waals surface area contributed by atoms with Crippen molar-refractivity contribution in [1.29, 1.82) is 0 Å². The Morgan fingerprint density at radius 2 is 1.82 bits per heavy atom. The lowest BCUT2D eigenvalue weighted by Crippen LogP contribution is -2.44. The van der Waals surface area contributed by atoms with E-state index in [2.05, 4.69) is 23.2 Å². The smallest absolute Gasteiger partial charge is 0.238 e. The highest BCUT2D eigenvalue weighted by molar-refractivity contribution is 6.30. The monoisotopic (exact) mass is 402 g/mol. The van der Waals surface area contributed by atoms with Gasteiger partial charge in [-0.1, -0.05) is 24.1 Å². The van der Waals surface area contributed by atoms with E-state index in [0.29, 0.717) is 29.1 Å². The number of carbonyl (C=O) groups is 1. The van der Waals surface area contributed by atoms with Crippen LogP contribution in [0.15, 0.2) is 42.5 Å². The Labute approximate surface area is 171 Å². The molecule has 0 bridgehead atoms. The van der Waals surface area contributed by atoms with Gasteiger partial charge in [-0.05, 0) is 61.7 Å². The normalized spacial score (nSPS) is 19.9. The average molecular weight is 403 g/mol. The number of hydrogen-bond donors (Lipinski definition) is 1. The molecule has 0 unspecified atom stereocenters. The lowest BCUT2D eigenvalue weighted by atomic mass is 9.91. The minimum absolute atomic E-state index is 0.0263. The number of piperidine rings is 1. The number of halogens is 1. The van der Waals surface area contributed by atoms with E-state index in [-0.39, 0.29) is 11.9 Å². The number of nitrogens with one attached hydrogen (secondary N) is 1. The summed E-state index contributed by atoms with van der Waals surface area (Å²) in [6, 6.07) is 13.7. The van der Waals surface area contributed by atoms with Crippen LogP contribution in [-0.4, -0.2) is 37.6 Å². The predicted molar refractivity (Wildman–Crippen MR) is 112 cm³/mol. The Kier molecular flexibility index (Phi) is 6.81. The van der Waals surface area contributed by atoms with Crippen LogP contribution in [0.3, 0.4) is 0 Å². The van der Waals surface area contributed by atoms with Gasteiger partial charge in [0.2, 0.25) is 5.91 Å². The average Bonchev–Trinajstić information content (AvgIpc) is 2.70. The third kappa shape index (κ3) is 4.78. The minimum atomic E-state index is -0.0263. The van der Waals surface area contributed by atoms with Crippen LogP contribution in [-0.2, 0) is 4.79 Å². The summed E-state index contributed by atoms with van der Waals surface area (Å²) in [7, 11) is 3.27. The molecule has 28 heavy (non-hydrogen) atoms. The summed E-state index contributed by atoms with van der Waals surface area (Å²) in [6.45, 7) is 2.52. The molecule has 1 amide bonds. The second-order valence-corrected chi connectivity index (χ2v) is 7.57. The largest absolute Gasteiger partial charge is 0.493 e. The third-order valence-corrected chi connectivity index (χ3v) is 5.56. The van der Waals surface area contributed by atoms with E-state index >= 15 is 0 Å². The first-order valence-corrected chi connectivity index (χ1v) is 9.92. The van der Waals surface area contributed by atoms with E-state index in [9.17, 15) is 4.79 Å². The van der Waals surface area contributed by atoms with E-state index < -0.39 is 0 Å². The summed E-state index contributed by atoms with van der Waals surface area (Å²) < 4.78 is 10.8. The first-order valence-electron chi connectivity index (χ1n) is 9.55. The van der Waals surface area contributed by atoms with E-state index in [0.717, 1.165) is 30.5 Å². The van der Waals surface area contributed by atoms with Gasteiger partial charge in [0, 0.05) is 22.8 Å². The van der Waals surface area contributed by atoms with E-state index in [1.165, 1.54) is 0 Å². The van der Waals surface area contributed by atoms with Crippen LogP contribution in [0.2, 0.25) is 5.02 Å². The van der Waals surface area contributed by atoms with Gasteiger partial charge in [0.25, 0.3) is 0 Å². The highest BCUT2D eigenvalue weighted by atomic mass is 35.5. The number of ether oxygens (including phenoxy) is 2. The molecule has 1 saturated heterocycles. The van der Waals surface area contributed by atoms with Crippen molar-refractivity contribution in [1.82, 2.24) is 4.90 Å². The quantitative estimate of drug-likeness (QED) is 0.745. The number of hydrogen-bond acceptors (Lipinski definition) is 4. The Balaban J connectivity index is 1.76. The van der Waals surface area contributed by atoms with E-state index in [1.807, 2.05) is 24.3 Å². The standard InChI is InChI=1S/C22H27ClN2O3/c1-15-5-4-6-19(16-7-12-20(27-2)21(13-16)28-3)25(15)14-22(26)24-18-10-8-17(23)9-11-18/h7-13,15,19H,4-6,14H2,1-3H3,(H,24,26)/t15-,19-/m0/s1. The number of anilines is 1. The van der Waals surface area contributed by atoms with Crippen molar-refractivity contribution in [3.63, 3.8) is 0 Å². The number of likely N-dealkylation sites (tertiary alicyclic amines) is 1. The molecule has 150 valence electrons. The zero-order chi connectivity index (χ0) is 20.1. The zero-order valence-corrected chi connectivity index (χ0v) is 17.3. The number of benzene rings is 2. The van der Waals surface area contributed by atoms with Gasteiger partial charge in [0.05, 0.1) is 20.8 Å². The van der Waals surface area contributed by atoms with Gasteiger partial charge in [-0.3, -0.25) is 9.69 Å². The predicted octanol–water partition coefficient (Wildman–Crippen LogP) is 4.91. The molecule has 1 aliphatic heterocycles. The number of amides is 1. The molecule has 2 atom stereocenters. The molecule has 6 heteroatoms. The number of methoxy groups -OCH3 is 2. The maximum atomic E-state index is 12.7. The molecular formula is C22H27ClN2O3. The molecule has 2 aromatic rings. The summed E-state index contributed by atoms with van der Waals surface area (Å²) in [4.78, 5) is 15.0. The van der Waals surface area contributed by atoms with Crippen LogP contribution in [0.5, 0.6) is 11.5 Å². The van der Waals surface area contributed by atoms with Crippen molar-refractivity contribution in [2.75, 3.05) is 26.1 Å². The van der Waals surface area contributed by atoms with Crippen LogP contribution in [0.25, 0.3) is 0 Å². The Hall–Kier alpha value is -2.24. The molecule has 1 aliphatic rings. The first-order chi connectivity index (χ1) is 13.5. The third-order valence-electron chi connectivity index (χ3n) is 5.31. The maximum Gasteiger partial charge on any atom is 0.238 e. The number of carbonyl (C=O) groups excluding carboxylic acids is 1. The van der Waals surface area contributed by atoms with Crippen LogP contribution in [0.4, 0.5) is 5.69 Å². The van der Waals surface area contributed by atoms with Crippen molar-refractivity contribution in [2.45, 2.75) is 38.3 Å². The molecule has 0 aliphatic carbocycles. The van der Waals surface area contributed by atoms with Crippen molar-refractivity contribution in [3.8, 4) is 11.5 Å². The van der Waals surface area contributed by atoms with Gasteiger partial charge in [-0.15, -0.1) is 0 Å². The fraction of sp³-hybridized carbons (Fsp3) is 0.409. The molecule has 5 nitrogen and oxygen atoms in total. The molecule has 1 fully saturated rings. The number of nitrogens with zero attached hydrogens (tertiary/aromatic N) is 1. The van der Waals surface area contributed by atoms with Gasteiger partial charge in [-0.25, -0.2) is 0 Å². The fourth-order valence-electron chi connectivity index (χ4n) is 3.83. The van der Waals surface area contributed by atoms with Gasteiger partial charge in [0.1, 0.15) is 0 Å². The highest BCUT2D eigenvalue weighted by Gasteiger charge is 2.31. The van der Waals surface area contributed by atoms with Crippen LogP contribution in [0, 0.1) is 0 Å². The lowest BCUT2D eigenvalue weighted by molar-refractivity contribution is -0.119. The molecular weight excluding hydrogens is 376 g/mol. The van der Waals surface area contributed by atoms with E-state index in [1.54, 1.807) is 26.4 Å². The molecule has 0 radical (unpaired) electrons. The number of rotatable bonds is 6. The van der Waals surface area contributed by atoms with Crippen molar-refractivity contribution in [2.24, 2.45) is 0 Å². The minimum Gasteiger partial charge on any atom is -0.493 e. The van der Waals surface area contributed by atoms with Gasteiger partial charge >= 0.3 is 0 Å². The molecule has 0 aromatic heterocycles. The summed E-state index contributed by atoms with van der Waals surface area (Å²) in [6.07, 6.45) is 3.22. The topological polar surface area (TPSA) is 50.8 Å². The SMILES string of the molecule is COc1ccc([C@@H]2CCC[C@H](C)N2CC(=O)Nc2ccc(Cl)cc2)cc1OC. The molecule has 1 N–H and O–H groups in total. The first kappa shape index (κ1) is 20.5. The van der Waals surface area contributed by atoms with Crippen LogP contribution >= 0.6 is 11.6 Å². The summed E-state index contributed by atoms with van der Waals surface area (Å²) >= 11 is 5.92.